The molecule has 2 heteroatoms. The fraction of sp³-hybridized carbons (Fsp3) is 0.583. The molecule has 0 saturated heterocycles. The zero-order valence-corrected chi connectivity index (χ0v) is 9.17. The molecule has 1 rings (SSSR count). The number of carbonyl (C=O) groups is 1. The molecule has 1 aliphatic carbocycles. The molecule has 0 aromatic heterocycles. The van der Waals surface area contributed by atoms with Crippen molar-refractivity contribution in [3.8, 4) is 0 Å². The van der Waals surface area contributed by atoms with Gasteiger partial charge in [-0.25, -0.2) is 4.79 Å². The lowest BCUT2D eigenvalue weighted by molar-refractivity contribution is -0.134. The van der Waals surface area contributed by atoms with E-state index in [1.807, 2.05) is 6.92 Å². The van der Waals surface area contributed by atoms with E-state index in [9.17, 15) is 4.79 Å². The van der Waals surface area contributed by atoms with Crippen molar-refractivity contribution >= 4 is 5.97 Å². The van der Waals surface area contributed by atoms with Crippen molar-refractivity contribution in [2.45, 2.75) is 33.1 Å². The minimum atomic E-state index is -0.242. The topological polar surface area (TPSA) is 26.3 Å². The third kappa shape index (κ3) is 3.02. The zero-order valence-electron chi connectivity index (χ0n) is 9.17. The molecular formula is C12H18O2. The summed E-state index contributed by atoms with van der Waals surface area (Å²) in [4.78, 5) is 11.0. The predicted octanol–water partition coefficient (Wildman–Crippen LogP) is 2.85. The maximum atomic E-state index is 11.0. The molecular weight excluding hydrogens is 176 g/mol. The number of methoxy groups -OCH3 is 1. The Kier molecular flexibility index (Phi) is 3.93. The highest BCUT2D eigenvalue weighted by atomic mass is 16.5. The Morgan fingerprint density at radius 1 is 1.64 bits per heavy atom. The monoisotopic (exact) mass is 194 g/mol. The van der Waals surface area contributed by atoms with Gasteiger partial charge in [0.25, 0.3) is 0 Å². The molecule has 1 aliphatic rings. The molecule has 0 amide bonds. The largest absolute Gasteiger partial charge is 0.466 e. The Labute approximate surface area is 85.6 Å². The number of hydrogen-bond acceptors (Lipinski definition) is 2. The minimum Gasteiger partial charge on any atom is -0.466 e. The molecule has 78 valence electrons. The molecule has 0 N–H and O–H groups in total. The van der Waals surface area contributed by atoms with Gasteiger partial charge in [0.2, 0.25) is 0 Å². The maximum absolute atomic E-state index is 11.0. The van der Waals surface area contributed by atoms with Crippen molar-refractivity contribution < 1.29 is 9.53 Å². The van der Waals surface area contributed by atoms with Crippen molar-refractivity contribution in [3.63, 3.8) is 0 Å². The molecule has 0 fully saturated rings. The summed E-state index contributed by atoms with van der Waals surface area (Å²) in [5, 5.41) is 0. The summed E-state index contributed by atoms with van der Waals surface area (Å²) in [7, 11) is 1.41. The first-order valence-electron chi connectivity index (χ1n) is 5.05. The average Bonchev–Trinajstić information content (AvgIpc) is 2.18. The second-order valence-electron chi connectivity index (χ2n) is 3.93. The van der Waals surface area contributed by atoms with Crippen LogP contribution in [0.25, 0.3) is 0 Å². The standard InChI is InChI=1S/C12H18O2/c1-9-4-6-11(7-5-9)10(2)8-12(13)14-3/h4,8,11H,5-7H2,1-3H3/b10-8-/t11-/m0/s1. The van der Waals surface area contributed by atoms with E-state index in [4.69, 9.17) is 0 Å². The molecule has 0 aliphatic heterocycles. The van der Waals surface area contributed by atoms with Crippen LogP contribution in [0.1, 0.15) is 33.1 Å². The van der Waals surface area contributed by atoms with Crippen LogP contribution in [0.5, 0.6) is 0 Å². The van der Waals surface area contributed by atoms with Crippen LogP contribution in [0.4, 0.5) is 0 Å². The summed E-state index contributed by atoms with van der Waals surface area (Å²) < 4.78 is 4.60. The third-order valence-corrected chi connectivity index (χ3v) is 2.83. The van der Waals surface area contributed by atoms with Crippen molar-refractivity contribution in [2.75, 3.05) is 7.11 Å². The molecule has 0 spiro atoms. The van der Waals surface area contributed by atoms with Crippen LogP contribution < -0.4 is 0 Å². The van der Waals surface area contributed by atoms with Gasteiger partial charge in [-0.3, -0.25) is 0 Å². The Morgan fingerprint density at radius 3 is 2.86 bits per heavy atom. The van der Waals surface area contributed by atoms with Crippen LogP contribution >= 0.6 is 0 Å². The van der Waals surface area contributed by atoms with Gasteiger partial charge in [-0.2, -0.15) is 0 Å². The molecule has 0 aromatic carbocycles. The van der Waals surface area contributed by atoms with E-state index in [2.05, 4.69) is 17.7 Å². The number of hydrogen-bond donors (Lipinski definition) is 0. The first kappa shape index (κ1) is 11.0. The van der Waals surface area contributed by atoms with Crippen molar-refractivity contribution in [1.82, 2.24) is 0 Å². The van der Waals surface area contributed by atoms with Crippen LogP contribution in [0.15, 0.2) is 23.3 Å². The van der Waals surface area contributed by atoms with Crippen LogP contribution in [0.2, 0.25) is 0 Å². The second-order valence-corrected chi connectivity index (χ2v) is 3.93. The summed E-state index contributed by atoms with van der Waals surface area (Å²) in [6.07, 6.45) is 7.24. The van der Waals surface area contributed by atoms with Crippen LogP contribution in [-0.2, 0) is 9.53 Å². The normalized spacial score (nSPS) is 22.9. The Bertz CT molecular complexity index is 274. The minimum absolute atomic E-state index is 0.242. The van der Waals surface area contributed by atoms with E-state index in [1.165, 1.54) is 12.7 Å². The maximum Gasteiger partial charge on any atom is 0.330 e. The van der Waals surface area contributed by atoms with Gasteiger partial charge >= 0.3 is 5.97 Å². The van der Waals surface area contributed by atoms with Crippen molar-refractivity contribution in [2.24, 2.45) is 5.92 Å². The first-order valence-corrected chi connectivity index (χ1v) is 5.05. The summed E-state index contributed by atoms with van der Waals surface area (Å²) >= 11 is 0. The number of ether oxygens (including phenoxy) is 1. The summed E-state index contributed by atoms with van der Waals surface area (Å²) in [5.41, 5.74) is 2.60. The molecule has 14 heavy (non-hydrogen) atoms. The van der Waals surface area contributed by atoms with Gasteiger partial charge in [-0.15, -0.1) is 0 Å². The van der Waals surface area contributed by atoms with Crippen LogP contribution in [0, 0.1) is 5.92 Å². The second kappa shape index (κ2) is 4.99. The van der Waals surface area contributed by atoms with E-state index in [0.717, 1.165) is 24.8 Å². The highest BCUT2D eigenvalue weighted by Gasteiger charge is 2.14. The highest BCUT2D eigenvalue weighted by molar-refractivity contribution is 5.82. The van der Waals surface area contributed by atoms with E-state index in [1.54, 1.807) is 6.08 Å². The molecule has 0 bridgehead atoms. The lowest BCUT2D eigenvalue weighted by Crippen LogP contribution is -2.08. The number of carbonyl (C=O) groups excluding carboxylic acids is 1. The SMILES string of the molecule is COC(=O)/C=C(/C)[C@H]1CC=C(C)CC1. The smallest absolute Gasteiger partial charge is 0.330 e. The van der Waals surface area contributed by atoms with Crippen LogP contribution in [0.3, 0.4) is 0 Å². The third-order valence-electron chi connectivity index (χ3n) is 2.83. The van der Waals surface area contributed by atoms with E-state index >= 15 is 0 Å². The average molecular weight is 194 g/mol. The number of esters is 1. The van der Waals surface area contributed by atoms with Gasteiger partial charge in [-0.1, -0.05) is 17.2 Å². The Morgan fingerprint density at radius 2 is 2.36 bits per heavy atom. The Hall–Kier alpha value is -1.05. The quantitative estimate of drug-likeness (QED) is 0.384. The Balaban J connectivity index is 2.58. The van der Waals surface area contributed by atoms with E-state index < -0.39 is 0 Å². The van der Waals surface area contributed by atoms with Gasteiger partial charge in [0.15, 0.2) is 0 Å². The molecule has 0 aromatic rings. The van der Waals surface area contributed by atoms with E-state index in [-0.39, 0.29) is 5.97 Å². The first-order chi connectivity index (χ1) is 6.63. The van der Waals surface area contributed by atoms with E-state index in [0.29, 0.717) is 5.92 Å². The van der Waals surface area contributed by atoms with Gasteiger partial charge < -0.3 is 4.74 Å². The number of rotatable bonds is 2. The van der Waals surface area contributed by atoms with Crippen LogP contribution in [-0.4, -0.2) is 13.1 Å². The van der Waals surface area contributed by atoms with Gasteiger partial charge in [0, 0.05) is 6.08 Å². The zero-order chi connectivity index (χ0) is 10.6. The summed E-state index contributed by atoms with van der Waals surface area (Å²) in [5.74, 6) is 0.284. The molecule has 0 heterocycles. The fourth-order valence-electron chi connectivity index (χ4n) is 1.74. The number of allylic oxidation sites excluding steroid dienone is 3. The van der Waals surface area contributed by atoms with Gasteiger partial charge in [-0.05, 0) is 39.0 Å². The molecule has 0 radical (unpaired) electrons. The molecule has 2 nitrogen and oxygen atoms in total. The fourth-order valence-corrected chi connectivity index (χ4v) is 1.74. The van der Waals surface area contributed by atoms with Crippen molar-refractivity contribution in [3.05, 3.63) is 23.3 Å². The predicted molar refractivity (Wildman–Crippen MR) is 56.9 cm³/mol. The summed E-state index contributed by atoms with van der Waals surface area (Å²) in [6, 6.07) is 0. The molecule has 0 unspecified atom stereocenters. The lowest BCUT2D eigenvalue weighted by Gasteiger charge is -2.20. The van der Waals surface area contributed by atoms with Gasteiger partial charge in [0.1, 0.15) is 0 Å². The lowest BCUT2D eigenvalue weighted by atomic mass is 9.85. The molecule has 0 saturated carbocycles. The van der Waals surface area contributed by atoms with Gasteiger partial charge in [0.05, 0.1) is 7.11 Å². The summed E-state index contributed by atoms with van der Waals surface area (Å²) in [6.45, 7) is 4.17. The van der Waals surface area contributed by atoms with Crippen molar-refractivity contribution in [1.29, 1.82) is 0 Å². The molecule has 1 atom stereocenters. The highest BCUT2D eigenvalue weighted by Crippen LogP contribution is 2.28.